The van der Waals surface area contributed by atoms with Gasteiger partial charge in [-0.1, -0.05) is 13.3 Å². The predicted octanol–water partition coefficient (Wildman–Crippen LogP) is -0.544. The molecule has 0 bridgehead atoms. The normalized spacial score (nSPS) is 16.5. The molecule has 210 valence electrons. The molecule has 13 heteroatoms. The zero-order valence-corrected chi connectivity index (χ0v) is 22.9. The van der Waals surface area contributed by atoms with Crippen LogP contribution in [0.25, 0.3) is 0 Å². The Balaban J connectivity index is 4.75. The molecule has 36 heavy (non-hydrogen) atoms. The van der Waals surface area contributed by atoms with Crippen LogP contribution in [-0.4, -0.2) is 94.0 Å². The van der Waals surface area contributed by atoms with Gasteiger partial charge in [0.05, 0.1) is 24.9 Å². The Morgan fingerprint density at radius 3 is 1.97 bits per heavy atom. The minimum atomic E-state index is -1.31. The highest BCUT2D eigenvalue weighted by molar-refractivity contribution is 7.80. The van der Waals surface area contributed by atoms with Gasteiger partial charge < -0.3 is 41.3 Å². The minimum absolute atomic E-state index is 0.0935. The summed E-state index contributed by atoms with van der Waals surface area (Å²) in [7, 11) is 0. The lowest BCUT2D eigenvalue weighted by atomic mass is 10.0. The number of nitrogens with one attached hydrogen (secondary N) is 4. The van der Waals surface area contributed by atoms with Crippen molar-refractivity contribution in [1.82, 2.24) is 21.3 Å². The Morgan fingerprint density at radius 1 is 0.889 bits per heavy atom. The van der Waals surface area contributed by atoms with Crippen LogP contribution in [0, 0.1) is 5.92 Å². The summed E-state index contributed by atoms with van der Waals surface area (Å²) in [6.07, 6.45) is -1.03. The number of aliphatic hydroxyl groups excluding tert-OH is 3. The quantitative estimate of drug-likeness (QED) is 0.101. The number of thiol groups is 1. The molecule has 0 aromatic rings. The fourth-order valence-electron chi connectivity index (χ4n) is 2.97. The van der Waals surface area contributed by atoms with E-state index < -0.39 is 72.3 Å². The summed E-state index contributed by atoms with van der Waals surface area (Å²) in [4.78, 5) is 49.4. The smallest absolute Gasteiger partial charge is 0.407 e. The van der Waals surface area contributed by atoms with Gasteiger partial charge in [0.1, 0.15) is 17.7 Å². The van der Waals surface area contributed by atoms with Crippen molar-refractivity contribution in [2.75, 3.05) is 18.9 Å². The van der Waals surface area contributed by atoms with Crippen LogP contribution < -0.4 is 21.3 Å². The summed E-state index contributed by atoms with van der Waals surface area (Å²) in [5.74, 6) is -2.47. The lowest BCUT2D eigenvalue weighted by Gasteiger charge is -2.26. The molecule has 0 saturated heterocycles. The Kier molecular flexibility index (Phi) is 15.7. The minimum Gasteiger partial charge on any atom is -0.444 e. The molecule has 0 aliphatic heterocycles. The van der Waals surface area contributed by atoms with Crippen molar-refractivity contribution in [1.29, 1.82) is 0 Å². The van der Waals surface area contributed by atoms with E-state index in [-0.39, 0.29) is 5.75 Å². The van der Waals surface area contributed by atoms with Gasteiger partial charge in [-0.3, -0.25) is 14.4 Å². The Morgan fingerprint density at radius 2 is 1.50 bits per heavy atom. The molecule has 0 heterocycles. The molecular weight excluding hydrogens is 492 g/mol. The third-order valence-electron chi connectivity index (χ3n) is 5.16. The monoisotopic (exact) mass is 536 g/mol. The Labute approximate surface area is 218 Å². The van der Waals surface area contributed by atoms with Crippen LogP contribution in [0.5, 0.6) is 0 Å². The van der Waals surface area contributed by atoms with E-state index in [0.717, 1.165) is 0 Å². The van der Waals surface area contributed by atoms with Crippen molar-refractivity contribution >= 4 is 36.4 Å². The molecule has 0 unspecified atom stereocenters. The maximum Gasteiger partial charge on any atom is 0.407 e. The lowest BCUT2D eigenvalue weighted by molar-refractivity contribution is -0.135. The van der Waals surface area contributed by atoms with Gasteiger partial charge >= 0.3 is 6.09 Å². The molecule has 12 nitrogen and oxygen atoms in total. The molecule has 6 atom stereocenters. The highest BCUT2D eigenvalue weighted by atomic mass is 32.1. The van der Waals surface area contributed by atoms with Crippen LogP contribution in [-0.2, 0) is 19.1 Å². The first-order valence-corrected chi connectivity index (χ1v) is 12.7. The van der Waals surface area contributed by atoms with Gasteiger partial charge in [-0.15, -0.1) is 0 Å². The third-order valence-corrected chi connectivity index (χ3v) is 5.53. The van der Waals surface area contributed by atoms with E-state index in [9.17, 15) is 34.5 Å². The zero-order chi connectivity index (χ0) is 28.1. The molecule has 4 amide bonds. The van der Waals surface area contributed by atoms with Gasteiger partial charge in [0.15, 0.2) is 0 Å². The lowest BCUT2D eigenvalue weighted by Crippen LogP contribution is -2.59. The van der Waals surface area contributed by atoms with Crippen LogP contribution in [0.4, 0.5) is 4.79 Å². The molecule has 0 rings (SSSR count). The largest absolute Gasteiger partial charge is 0.444 e. The van der Waals surface area contributed by atoms with E-state index in [1.807, 2.05) is 0 Å². The molecular formula is C23H44N4O8S. The fourth-order valence-corrected chi connectivity index (χ4v) is 3.23. The second kappa shape index (κ2) is 16.6. The summed E-state index contributed by atoms with van der Waals surface area (Å²) < 4.78 is 5.15. The highest BCUT2D eigenvalue weighted by Crippen LogP contribution is 2.10. The van der Waals surface area contributed by atoms with Crippen molar-refractivity contribution in [3.05, 3.63) is 0 Å². The third kappa shape index (κ3) is 13.9. The average Bonchev–Trinajstić information content (AvgIpc) is 2.76. The number of carbonyl (C=O) groups is 4. The van der Waals surface area contributed by atoms with E-state index in [4.69, 9.17) is 4.74 Å². The summed E-state index contributed by atoms with van der Waals surface area (Å²) in [6.45, 7) is 9.61. The number of unbranched alkanes of at least 4 members (excludes halogenated alkanes) is 1. The number of hydrogen-bond donors (Lipinski definition) is 8. The first-order valence-electron chi connectivity index (χ1n) is 12.1. The van der Waals surface area contributed by atoms with Crippen LogP contribution in [0.1, 0.15) is 60.8 Å². The van der Waals surface area contributed by atoms with Gasteiger partial charge in [-0.2, -0.15) is 12.6 Å². The molecule has 0 aliphatic rings. The first-order chi connectivity index (χ1) is 16.6. The molecule has 0 aromatic carbocycles. The van der Waals surface area contributed by atoms with Crippen molar-refractivity contribution in [3.8, 4) is 0 Å². The topological polar surface area (TPSA) is 186 Å². The second-order valence-electron chi connectivity index (χ2n) is 9.83. The molecule has 0 radical (unpaired) electrons. The number of hydrogen-bond acceptors (Lipinski definition) is 9. The highest BCUT2D eigenvalue weighted by Gasteiger charge is 2.31. The van der Waals surface area contributed by atoms with Crippen LogP contribution in [0.2, 0.25) is 0 Å². The number of amides is 4. The van der Waals surface area contributed by atoms with E-state index in [1.165, 1.54) is 13.8 Å². The van der Waals surface area contributed by atoms with Gasteiger partial charge in [0.25, 0.3) is 0 Å². The summed E-state index contributed by atoms with van der Waals surface area (Å²) in [5.41, 5.74) is -0.583. The maximum atomic E-state index is 12.7. The zero-order valence-electron chi connectivity index (χ0n) is 22.0. The van der Waals surface area contributed by atoms with Crippen LogP contribution in [0.15, 0.2) is 0 Å². The standard InChI is InChI=1S/C23H44N4O8S/c1-13(9-7-8-10-24-22(34)35-23(4,5)6)19(31)27-18(15(3)30)21(33)26-17(12-36)20(32)25-16(11-28)14(2)29/h13-18,28-30,36H,7-12H2,1-6H3,(H,24,34)(H,25,32)(H,26,33)(H,27,31)/t13-,14+,15+,16+,17-,18-/m0/s1. The molecule has 0 saturated carbocycles. The van der Waals surface area contributed by atoms with E-state index in [0.29, 0.717) is 25.8 Å². The first kappa shape index (κ1) is 33.9. The fraction of sp³-hybridized carbons (Fsp3) is 0.826. The van der Waals surface area contributed by atoms with Gasteiger partial charge in [-0.05, 0) is 47.5 Å². The molecule has 7 N–H and O–H groups in total. The van der Waals surface area contributed by atoms with E-state index in [1.54, 1.807) is 27.7 Å². The SMILES string of the molecule is C[C@@H](CCCCNC(=O)OC(C)(C)C)C(=O)N[C@H](C(=O)N[C@@H](CS)C(=O)N[C@H](CO)[C@@H](C)O)[C@@H](C)O. The van der Waals surface area contributed by atoms with Gasteiger partial charge in [0, 0.05) is 18.2 Å². The number of ether oxygens (including phenoxy) is 1. The molecule has 0 fully saturated rings. The van der Waals surface area contributed by atoms with Crippen molar-refractivity contribution < 1.29 is 39.2 Å². The predicted molar refractivity (Wildman–Crippen MR) is 137 cm³/mol. The number of alkyl carbamates (subject to hydrolysis) is 1. The molecule has 0 aromatic heterocycles. The van der Waals surface area contributed by atoms with Gasteiger partial charge in [0.2, 0.25) is 17.7 Å². The average molecular weight is 537 g/mol. The Hall–Kier alpha value is -2.09. The van der Waals surface area contributed by atoms with Gasteiger partial charge in [-0.25, -0.2) is 4.79 Å². The van der Waals surface area contributed by atoms with Crippen molar-refractivity contribution in [2.45, 2.75) is 96.7 Å². The second-order valence-corrected chi connectivity index (χ2v) is 10.2. The molecule has 0 aliphatic carbocycles. The van der Waals surface area contributed by atoms with Crippen molar-refractivity contribution in [2.24, 2.45) is 5.92 Å². The summed E-state index contributed by atoms with van der Waals surface area (Å²) >= 11 is 4.06. The number of rotatable bonds is 15. The summed E-state index contributed by atoms with van der Waals surface area (Å²) in [5, 5.41) is 38.9. The van der Waals surface area contributed by atoms with E-state index in [2.05, 4.69) is 33.9 Å². The van der Waals surface area contributed by atoms with E-state index >= 15 is 0 Å². The van der Waals surface area contributed by atoms with Crippen molar-refractivity contribution in [3.63, 3.8) is 0 Å². The maximum absolute atomic E-state index is 12.7. The molecule has 0 spiro atoms. The van der Waals surface area contributed by atoms with Crippen LogP contribution in [0.3, 0.4) is 0 Å². The summed E-state index contributed by atoms with van der Waals surface area (Å²) in [6, 6.07) is -3.36. The number of aliphatic hydroxyl groups is 3. The Bertz CT molecular complexity index is 715. The van der Waals surface area contributed by atoms with Crippen LogP contribution >= 0.6 is 12.6 Å². The number of carbonyl (C=O) groups excluding carboxylic acids is 4.